The summed E-state index contributed by atoms with van der Waals surface area (Å²) >= 11 is 0. The molecule has 0 saturated carbocycles. The third-order valence-electron chi connectivity index (χ3n) is 2.87. The van der Waals surface area contributed by atoms with Gasteiger partial charge < -0.3 is 10.6 Å². The molecular weight excluding hydrogens is 179 g/mol. The van der Waals surface area contributed by atoms with Gasteiger partial charge in [-0.2, -0.15) is 0 Å². The van der Waals surface area contributed by atoms with Crippen LogP contribution in [0.15, 0.2) is 0 Å². The fraction of sp³-hybridized carbons (Fsp3) is 1.00. The summed E-state index contributed by atoms with van der Waals surface area (Å²) in [5.41, 5.74) is 0.157. The first-order chi connectivity index (χ1) is 5.31. The third kappa shape index (κ3) is 1.90. The number of alkyl halides is 1. The number of rotatable bonds is 0. The maximum Gasteiger partial charge on any atom is 0.114 e. The summed E-state index contributed by atoms with van der Waals surface area (Å²) in [5, 5.41) is 6.60. The molecule has 2 rings (SSSR count). The van der Waals surface area contributed by atoms with E-state index >= 15 is 0 Å². The van der Waals surface area contributed by atoms with Gasteiger partial charge in [-0.3, -0.25) is 0 Å². The Bertz CT molecular complexity index is 142. The predicted octanol–water partition coefficient (Wildman–Crippen LogP) is 0.862. The monoisotopic (exact) mass is 194 g/mol. The molecule has 0 aliphatic carbocycles. The van der Waals surface area contributed by atoms with Crippen LogP contribution in [-0.4, -0.2) is 31.3 Å². The lowest BCUT2D eigenvalue weighted by Gasteiger charge is -2.33. The summed E-state index contributed by atoms with van der Waals surface area (Å²) in [5.74, 6) is 0. The molecule has 12 heavy (non-hydrogen) atoms. The van der Waals surface area contributed by atoms with E-state index in [1.807, 2.05) is 0 Å². The van der Waals surface area contributed by atoms with Gasteiger partial charge in [0.1, 0.15) is 6.17 Å². The van der Waals surface area contributed by atoms with Crippen LogP contribution >= 0.6 is 12.4 Å². The van der Waals surface area contributed by atoms with Gasteiger partial charge >= 0.3 is 0 Å². The lowest BCUT2D eigenvalue weighted by Crippen LogP contribution is -2.48. The summed E-state index contributed by atoms with van der Waals surface area (Å²) in [6.07, 6.45) is 2.31. The van der Waals surface area contributed by atoms with Crippen LogP contribution in [0.2, 0.25) is 0 Å². The minimum atomic E-state index is -0.604. The minimum Gasteiger partial charge on any atom is -0.317 e. The van der Waals surface area contributed by atoms with E-state index in [1.165, 1.54) is 0 Å². The highest BCUT2D eigenvalue weighted by molar-refractivity contribution is 5.85. The molecule has 1 spiro atoms. The highest BCUT2D eigenvalue weighted by Gasteiger charge is 2.39. The van der Waals surface area contributed by atoms with Crippen LogP contribution in [0.3, 0.4) is 0 Å². The Labute approximate surface area is 78.7 Å². The molecule has 1 unspecified atom stereocenters. The zero-order valence-electron chi connectivity index (χ0n) is 7.11. The Balaban J connectivity index is 0.000000720. The molecule has 2 heterocycles. The van der Waals surface area contributed by atoms with Crippen molar-refractivity contribution in [1.29, 1.82) is 0 Å². The largest absolute Gasteiger partial charge is 0.317 e. The predicted molar refractivity (Wildman–Crippen MR) is 49.6 cm³/mol. The Kier molecular flexibility index (Phi) is 3.32. The quantitative estimate of drug-likeness (QED) is 0.598. The van der Waals surface area contributed by atoms with Gasteiger partial charge in [0.05, 0.1) is 0 Å². The highest BCUT2D eigenvalue weighted by atomic mass is 35.5. The summed E-state index contributed by atoms with van der Waals surface area (Å²) in [4.78, 5) is 0. The van der Waals surface area contributed by atoms with E-state index in [-0.39, 0.29) is 17.9 Å². The van der Waals surface area contributed by atoms with Crippen LogP contribution in [0.4, 0.5) is 4.39 Å². The van der Waals surface area contributed by atoms with Crippen molar-refractivity contribution >= 4 is 12.4 Å². The van der Waals surface area contributed by atoms with Crippen molar-refractivity contribution in [3.63, 3.8) is 0 Å². The molecule has 2 fully saturated rings. The Morgan fingerprint density at radius 3 is 2.42 bits per heavy atom. The maximum atomic E-state index is 12.9. The Morgan fingerprint density at radius 2 is 1.92 bits per heavy atom. The van der Waals surface area contributed by atoms with Crippen LogP contribution in [0, 0.1) is 0 Å². The van der Waals surface area contributed by atoms with Crippen molar-refractivity contribution in [3.8, 4) is 0 Å². The van der Waals surface area contributed by atoms with Crippen molar-refractivity contribution in [3.05, 3.63) is 0 Å². The van der Waals surface area contributed by atoms with E-state index in [1.54, 1.807) is 0 Å². The van der Waals surface area contributed by atoms with E-state index in [0.717, 1.165) is 32.4 Å². The number of hydrogen-bond donors (Lipinski definition) is 2. The normalized spacial score (nSPS) is 33.2. The standard InChI is InChI=1S/C8H15FN2.ClH/c9-7-5-8(11-6-7)1-3-10-4-2-8;/h7,10-11H,1-6H2;1H. The SMILES string of the molecule is Cl.FC1CNC2(CCNCC2)C1. The smallest absolute Gasteiger partial charge is 0.114 e. The molecule has 0 bridgehead atoms. The molecule has 0 aromatic heterocycles. The molecule has 0 radical (unpaired) electrons. The van der Waals surface area contributed by atoms with E-state index in [2.05, 4.69) is 10.6 Å². The van der Waals surface area contributed by atoms with Crippen LogP contribution in [0.5, 0.6) is 0 Å². The summed E-state index contributed by atoms with van der Waals surface area (Å²) in [6.45, 7) is 2.65. The second-order valence-electron chi connectivity index (χ2n) is 3.71. The molecule has 0 aromatic rings. The second-order valence-corrected chi connectivity index (χ2v) is 3.71. The number of halogens is 2. The number of nitrogens with one attached hydrogen (secondary N) is 2. The molecule has 72 valence electrons. The molecular formula is C8H16ClFN2. The molecule has 4 heteroatoms. The highest BCUT2D eigenvalue weighted by Crippen LogP contribution is 2.29. The van der Waals surface area contributed by atoms with Gasteiger partial charge in [0.25, 0.3) is 0 Å². The zero-order chi connectivity index (χ0) is 7.73. The van der Waals surface area contributed by atoms with Crippen molar-refractivity contribution in [2.45, 2.75) is 31.0 Å². The third-order valence-corrected chi connectivity index (χ3v) is 2.87. The first kappa shape index (κ1) is 10.2. The van der Waals surface area contributed by atoms with Gasteiger partial charge in [0, 0.05) is 12.1 Å². The van der Waals surface area contributed by atoms with Crippen molar-refractivity contribution in [2.24, 2.45) is 0 Å². The van der Waals surface area contributed by atoms with E-state index in [0.29, 0.717) is 6.54 Å². The topological polar surface area (TPSA) is 24.1 Å². The number of piperidine rings is 1. The van der Waals surface area contributed by atoms with Gasteiger partial charge in [-0.15, -0.1) is 12.4 Å². The maximum absolute atomic E-state index is 12.9. The van der Waals surface area contributed by atoms with Crippen LogP contribution in [-0.2, 0) is 0 Å². The Hall–Kier alpha value is 0.140. The van der Waals surface area contributed by atoms with Gasteiger partial charge in [-0.1, -0.05) is 0 Å². The van der Waals surface area contributed by atoms with Gasteiger partial charge in [0.15, 0.2) is 0 Å². The molecule has 1 atom stereocenters. The molecule has 2 aliphatic rings. The van der Waals surface area contributed by atoms with Crippen molar-refractivity contribution < 1.29 is 4.39 Å². The van der Waals surface area contributed by atoms with E-state index in [4.69, 9.17) is 0 Å². The first-order valence-corrected chi connectivity index (χ1v) is 4.41. The average molecular weight is 195 g/mol. The van der Waals surface area contributed by atoms with Gasteiger partial charge in [-0.05, 0) is 32.4 Å². The second kappa shape index (κ2) is 3.90. The van der Waals surface area contributed by atoms with Crippen molar-refractivity contribution in [2.75, 3.05) is 19.6 Å². The van der Waals surface area contributed by atoms with Gasteiger partial charge in [0.2, 0.25) is 0 Å². The summed E-state index contributed by atoms with van der Waals surface area (Å²) in [6, 6.07) is 0. The first-order valence-electron chi connectivity index (χ1n) is 4.41. The summed E-state index contributed by atoms with van der Waals surface area (Å²) in [7, 11) is 0. The molecule has 0 aromatic carbocycles. The lowest BCUT2D eigenvalue weighted by atomic mass is 9.87. The van der Waals surface area contributed by atoms with Crippen LogP contribution in [0.25, 0.3) is 0 Å². The fourth-order valence-electron chi connectivity index (χ4n) is 2.18. The Morgan fingerprint density at radius 1 is 1.25 bits per heavy atom. The molecule has 2 N–H and O–H groups in total. The molecule has 0 amide bonds. The van der Waals surface area contributed by atoms with Crippen molar-refractivity contribution in [1.82, 2.24) is 10.6 Å². The van der Waals surface area contributed by atoms with E-state index < -0.39 is 6.17 Å². The van der Waals surface area contributed by atoms with Crippen LogP contribution < -0.4 is 10.6 Å². The zero-order valence-corrected chi connectivity index (χ0v) is 7.92. The minimum absolute atomic E-state index is 0. The van der Waals surface area contributed by atoms with E-state index in [9.17, 15) is 4.39 Å². The summed E-state index contributed by atoms with van der Waals surface area (Å²) < 4.78 is 12.9. The molecule has 2 aliphatic heterocycles. The van der Waals surface area contributed by atoms with Gasteiger partial charge in [-0.25, -0.2) is 4.39 Å². The average Bonchev–Trinajstić information content (AvgIpc) is 2.34. The molecule has 2 saturated heterocycles. The lowest BCUT2D eigenvalue weighted by molar-refractivity contribution is 0.256. The fourth-order valence-corrected chi connectivity index (χ4v) is 2.18. The van der Waals surface area contributed by atoms with Crippen LogP contribution in [0.1, 0.15) is 19.3 Å². The molecule has 2 nitrogen and oxygen atoms in total. The number of hydrogen-bond acceptors (Lipinski definition) is 2.